The van der Waals surface area contributed by atoms with Crippen molar-refractivity contribution in [2.24, 2.45) is 0 Å². The molecule has 0 amide bonds. The number of nitrogens with zero attached hydrogens (tertiary/aromatic N) is 1. The number of ether oxygens (including phenoxy) is 2. The van der Waals surface area contributed by atoms with Gasteiger partial charge in [0.05, 0.1) is 23.2 Å². The van der Waals surface area contributed by atoms with Crippen LogP contribution in [-0.2, 0) is 4.74 Å². The Morgan fingerprint density at radius 2 is 2.10 bits per heavy atom. The minimum absolute atomic E-state index is 0.0644. The summed E-state index contributed by atoms with van der Waals surface area (Å²) in [5.74, 6) is 0.456. The third kappa shape index (κ3) is 4.47. The molecule has 0 saturated carbocycles. The molecular weight excluding hydrogens is 262 g/mol. The molecule has 0 aromatic heterocycles. The second-order valence-corrected chi connectivity index (χ2v) is 5.22. The summed E-state index contributed by atoms with van der Waals surface area (Å²) in [5, 5.41) is 20.4. The molecule has 1 unspecified atom stereocenters. The van der Waals surface area contributed by atoms with E-state index in [9.17, 15) is 15.2 Å². The molecule has 6 nitrogen and oxygen atoms in total. The molecule has 1 N–H and O–H groups in total. The van der Waals surface area contributed by atoms with Crippen molar-refractivity contribution < 1.29 is 19.5 Å². The molecule has 0 saturated heterocycles. The number of benzene rings is 1. The number of hydrogen-bond acceptors (Lipinski definition) is 5. The lowest BCUT2D eigenvalue weighted by molar-refractivity contribution is -0.385. The number of nitro groups is 1. The largest absolute Gasteiger partial charge is 0.493 e. The SMILES string of the molecule is COC(C)(C)CCOc1ccc([N+](=O)[O-])cc1C(C)O. The smallest absolute Gasteiger partial charge is 0.270 e. The van der Waals surface area contributed by atoms with Gasteiger partial charge in [-0.3, -0.25) is 10.1 Å². The maximum absolute atomic E-state index is 10.7. The van der Waals surface area contributed by atoms with Gasteiger partial charge in [0.2, 0.25) is 0 Å². The molecule has 0 spiro atoms. The summed E-state index contributed by atoms with van der Waals surface area (Å²) in [4.78, 5) is 10.2. The molecule has 0 fully saturated rings. The Hall–Kier alpha value is -1.66. The maximum Gasteiger partial charge on any atom is 0.270 e. The molecule has 1 aromatic rings. The van der Waals surface area contributed by atoms with Gasteiger partial charge >= 0.3 is 0 Å². The highest BCUT2D eigenvalue weighted by molar-refractivity contribution is 5.44. The molecule has 1 atom stereocenters. The van der Waals surface area contributed by atoms with Gasteiger partial charge < -0.3 is 14.6 Å². The molecular formula is C14H21NO5. The number of aliphatic hydroxyl groups is 1. The molecule has 112 valence electrons. The lowest BCUT2D eigenvalue weighted by Gasteiger charge is -2.23. The van der Waals surface area contributed by atoms with Crippen LogP contribution in [0.25, 0.3) is 0 Å². The van der Waals surface area contributed by atoms with E-state index in [0.29, 0.717) is 24.3 Å². The Labute approximate surface area is 118 Å². The Bertz CT molecular complexity index is 471. The number of nitro benzene ring substituents is 1. The fourth-order valence-corrected chi connectivity index (χ4v) is 1.62. The van der Waals surface area contributed by atoms with Gasteiger partial charge in [-0.2, -0.15) is 0 Å². The van der Waals surface area contributed by atoms with Crippen LogP contribution in [0.2, 0.25) is 0 Å². The fraction of sp³-hybridized carbons (Fsp3) is 0.571. The lowest BCUT2D eigenvalue weighted by atomic mass is 10.1. The molecule has 1 rings (SSSR count). The van der Waals surface area contributed by atoms with Gasteiger partial charge in [-0.25, -0.2) is 0 Å². The van der Waals surface area contributed by atoms with Crippen LogP contribution < -0.4 is 4.74 Å². The molecule has 0 aliphatic carbocycles. The minimum atomic E-state index is -0.833. The zero-order valence-electron chi connectivity index (χ0n) is 12.3. The van der Waals surface area contributed by atoms with E-state index in [1.165, 1.54) is 18.2 Å². The van der Waals surface area contributed by atoms with Crippen LogP contribution >= 0.6 is 0 Å². The summed E-state index contributed by atoms with van der Waals surface area (Å²) >= 11 is 0. The van der Waals surface area contributed by atoms with Gasteiger partial charge in [-0.1, -0.05) is 0 Å². The van der Waals surface area contributed by atoms with Crippen LogP contribution in [0.1, 0.15) is 38.9 Å². The normalized spacial score (nSPS) is 13.1. The average Bonchev–Trinajstić information content (AvgIpc) is 2.38. The van der Waals surface area contributed by atoms with Gasteiger partial charge in [0.15, 0.2) is 0 Å². The third-order valence-electron chi connectivity index (χ3n) is 3.17. The van der Waals surface area contributed by atoms with Crippen molar-refractivity contribution in [3.63, 3.8) is 0 Å². The zero-order valence-corrected chi connectivity index (χ0v) is 12.3. The van der Waals surface area contributed by atoms with Crippen LogP contribution in [-0.4, -0.2) is 29.3 Å². The summed E-state index contributed by atoms with van der Waals surface area (Å²) in [6.07, 6.45) is -0.167. The zero-order chi connectivity index (χ0) is 15.3. The van der Waals surface area contributed by atoms with Gasteiger partial charge in [0.25, 0.3) is 5.69 Å². The van der Waals surface area contributed by atoms with E-state index < -0.39 is 11.0 Å². The molecule has 0 aliphatic heterocycles. The van der Waals surface area contributed by atoms with Crippen LogP contribution in [0.3, 0.4) is 0 Å². The monoisotopic (exact) mass is 283 g/mol. The molecule has 0 aliphatic rings. The van der Waals surface area contributed by atoms with E-state index in [1.54, 1.807) is 14.0 Å². The molecule has 20 heavy (non-hydrogen) atoms. The average molecular weight is 283 g/mol. The van der Waals surface area contributed by atoms with Crippen molar-refractivity contribution in [2.45, 2.75) is 38.9 Å². The van der Waals surface area contributed by atoms with Crippen molar-refractivity contribution in [1.82, 2.24) is 0 Å². The van der Waals surface area contributed by atoms with E-state index in [2.05, 4.69) is 0 Å². The van der Waals surface area contributed by atoms with Gasteiger partial charge in [-0.05, 0) is 26.8 Å². The van der Waals surface area contributed by atoms with Crippen molar-refractivity contribution in [3.05, 3.63) is 33.9 Å². The lowest BCUT2D eigenvalue weighted by Crippen LogP contribution is -2.25. The Morgan fingerprint density at radius 3 is 2.60 bits per heavy atom. The number of hydrogen-bond donors (Lipinski definition) is 1. The van der Waals surface area contributed by atoms with E-state index in [0.717, 1.165) is 0 Å². The summed E-state index contributed by atoms with van der Waals surface area (Å²) in [7, 11) is 1.63. The summed E-state index contributed by atoms with van der Waals surface area (Å²) in [6.45, 7) is 5.84. The Kier molecular flexibility index (Phi) is 5.47. The van der Waals surface area contributed by atoms with Gasteiger partial charge in [0.1, 0.15) is 5.75 Å². The standard InChI is InChI=1S/C14H21NO5/c1-10(16)12-9-11(15(17)18)5-6-13(12)20-8-7-14(2,3)19-4/h5-6,9-10,16H,7-8H2,1-4H3. The molecule has 0 bridgehead atoms. The first kappa shape index (κ1) is 16.4. The first-order chi connectivity index (χ1) is 9.26. The molecule has 1 aromatic carbocycles. The molecule has 0 heterocycles. The van der Waals surface area contributed by atoms with Gasteiger partial charge in [0, 0.05) is 31.2 Å². The van der Waals surface area contributed by atoms with Crippen LogP contribution in [0.15, 0.2) is 18.2 Å². The number of non-ortho nitro benzene ring substituents is 1. The van der Waals surface area contributed by atoms with Crippen LogP contribution in [0.4, 0.5) is 5.69 Å². The second kappa shape index (κ2) is 6.67. The number of rotatable bonds is 7. The summed E-state index contributed by atoms with van der Waals surface area (Å²) in [6, 6.07) is 4.21. The highest BCUT2D eigenvalue weighted by Crippen LogP contribution is 2.29. The quantitative estimate of drug-likeness (QED) is 0.614. The number of aliphatic hydroxyl groups excluding tert-OH is 1. The first-order valence-corrected chi connectivity index (χ1v) is 6.41. The van der Waals surface area contributed by atoms with Crippen molar-refractivity contribution in [1.29, 1.82) is 0 Å². The Balaban J connectivity index is 2.82. The van der Waals surface area contributed by atoms with Crippen molar-refractivity contribution >= 4 is 5.69 Å². The Morgan fingerprint density at radius 1 is 1.45 bits per heavy atom. The number of methoxy groups -OCH3 is 1. The van der Waals surface area contributed by atoms with E-state index in [4.69, 9.17) is 9.47 Å². The van der Waals surface area contributed by atoms with Crippen LogP contribution in [0.5, 0.6) is 5.75 Å². The highest BCUT2D eigenvalue weighted by atomic mass is 16.6. The summed E-state index contributed by atoms with van der Waals surface area (Å²) in [5.41, 5.74) is 0.0473. The van der Waals surface area contributed by atoms with E-state index >= 15 is 0 Å². The van der Waals surface area contributed by atoms with Crippen molar-refractivity contribution in [3.8, 4) is 5.75 Å². The molecule has 6 heteroatoms. The third-order valence-corrected chi connectivity index (χ3v) is 3.17. The van der Waals surface area contributed by atoms with Gasteiger partial charge in [-0.15, -0.1) is 0 Å². The topological polar surface area (TPSA) is 81.8 Å². The van der Waals surface area contributed by atoms with Crippen molar-refractivity contribution in [2.75, 3.05) is 13.7 Å². The van der Waals surface area contributed by atoms with E-state index in [1.807, 2.05) is 13.8 Å². The maximum atomic E-state index is 10.7. The van der Waals surface area contributed by atoms with E-state index in [-0.39, 0.29) is 11.3 Å². The highest BCUT2D eigenvalue weighted by Gasteiger charge is 2.18. The predicted octanol–water partition coefficient (Wildman–Crippen LogP) is 2.84. The minimum Gasteiger partial charge on any atom is -0.493 e. The van der Waals surface area contributed by atoms with Crippen LogP contribution in [0, 0.1) is 10.1 Å². The predicted molar refractivity (Wildman–Crippen MR) is 74.9 cm³/mol. The molecule has 0 radical (unpaired) electrons. The first-order valence-electron chi connectivity index (χ1n) is 6.41. The fourth-order valence-electron chi connectivity index (χ4n) is 1.62. The second-order valence-electron chi connectivity index (χ2n) is 5.22. The summed E-state index contributed by atoms with van der Waals surface area (Å²) < 4.78 is 10.9.